The molecule has 0 amide bonds. The SMILES string of the molecule is S=[N+]1CCCN(c2cccc(Cl)c2)N1. The van der Waals surface area contributed by atoms with Crippen LogP contribution in [0, 0.1) is 0 Å². The molecule has 3 nitrogen and oxygen atoms in total. The second-order valence-corrected chi connectivity index (χ2v) is 4.06. The predicted octanol–water partition coefficient (Wildman–Crippen LogP) is 1.71. The molecular formula is C9H11ClN3S+. The number of hydrogen-bond donors (Lipinski definition) is 1. The van der Waals surface area contributed by atoms with E-state index in [9.17, 15) is 0 Å². The molecule has 5 heteroatoms. The monoisotopic (exact) mass is 228 g/mol. The van der Waals surface area contributed by atoms with Gasteiger partial charge in [-0.05, 0) is 22.3 Å². The molecule has 0 aromatic heterocycles. The quantitative estimate of drug-likeness (QED) is 0.739. The Morgan fingerprint density at radius 1 is 1.50 bits per heavy atom. The molecule has 1 aliphatic heterocycles. The normalized spacial score (nSPS) is 16.6. The highest BCUT2D eigenvalue weighted by Crippen LogP contribution is 2.19. The number of benzene rings is 1. The standard InChI is InChI=1S/C9H11ClN3S/c10-8-3-1-4-9(7-8)12-5-2-6-13(14)11-12/h1,3-4,7H,2,5-6H2,(H,11,14)/q+1. The van der Waals surface area contributed by atoms with E-state index in [4.69, 9.17) is 24.0 Å². The highest BCUT2D eigenvalue weighted by molar-refractivity contribution is 7.44. The lowest BCUT2D eigenvalue weighted by atomic mass is 10.3. The van der Waals surface area contributed by atoms with E-state index in [1.54, 1.807) is 4.05 Å². The molecular weight excluding hydrogens is 218 g/mol. The highest BCUT2D eigenvalue weighted by Gasteiger charge is 2.18. The van der Waals surface area contributed by atoms with E-state index in [0.717, 1.165) is 30.2 Å². The Hall–Kier alpha value is -0.870. The van der Waals surface area contributed by atoms with E-state index >= 15 is 0 Å². The summed E-state index contributed by atoms with van der Waals surface area (Å²) in [5.41, 5.74) is 4.13. The van der Waals surface area contributed by atoms with Crippen molar-refractivity contribution in [1.29, 1.82) is 0 Å². The molecule has 0 bridgehead atoms. The molecule has 1 heterocycles. The van der Waals surface area contributed by atoms with Gasteiger partial charge in [-0.2, -0.15) is 0 Å². The maximum Gasteiger partial charge on any atom is 0.299 e. The van der Waals surface area contributed by atoms with Crippen LogP contribution in [0.25, 0.3) is 0 Å². The van der Waals surface area contributed by atoms with Crippen LogP contribution in [0.1, 0.15) is 6.42 Å². The number of nitrogens with one attached hydrogen (secondary N) is 1. The van der Waals surface area contributed by atoms with Gasteiger partial charge in [-0.25, -0.2) is 5.01 Å². The lowest BCUT2D eigenvalue weighted by molar-refractivity contribution is -0.570. The summed E-state index contributed by atoms with van der Waals surface area (Å²) in [7, 11) is 0. The Morgan fingerprint density at radius 3 is 3.07 bits per heavy atom. The van der Waals surface area contributed by atoms with Gasteiger partial charge in [-0.1, -0.05) is 23.2 Å². The van der Waals surface area contributed by atoms with Gasteiger partial charge in [0.2, 0.25) is 0 Å². The van der Waals surface area contributed by atoms with Crippen LogP contribution >= 0.6 is 11.6 Å². The third-order valence-electron chi connectivity index (χ3n) is 2.10. The summed E-state index contributed by atoms with van der Waals surface area (Å²) in [6, 6.07) is 7.72. The van der Waals surface area contributed by atoms with Gasteiger partial charge in [-0.3, -0.25) is 0 Å². The number of hydrogen-bond acceptors (Lipinski definition) is 2. The molecule has 1 aliphatic rings. The first-order valence-electron chi connectivity index (χ1n) is 4.50. The first-order chi connectivity index (χ1) is 6.75. The molecule has 0 unspecified atom stereocenters. The summed E-state index contributed by atoms with van der Waals surface area (Å²) in [5.74, 6) is 0. The summed E-state index contributed by atoms with van der Waals surface area (Å²) < 4.78 is 1.66. The number of rotatable bonds is 1. The predicted molar refractivity (Wildman–Crippen MR) is 59.0 cm³/mol. The lowest BCUT2D eigenvalue weighted by Crippen LogP contribution is -2.49. The molecule has 1 saturated heterocycles. The molecule has 0 aliphatic carbocycles. The molecule has 0 saturated carbocycles. The largest absolute Gasteiger partial charge is 0.299 e. The van der Waals surface area contributed by atoms with Gasteiger partial charge in [0.1, 0.15) is 0 Å². The zero-order valence-corrected chi connectivity index (χ0v) is 9.18. The molecule has 1 aromatic rings. The van der Waals surface area contributed by atoms with Gasteiger partial charge in [-0.15, -0.1) is 0 Å². The Labute approximate surface area is 93.4 Å². The van der Waals surface area contributed by atoms with E-state index in [2.05, 4.69) is 5.53 Å². The van der Waals surface area contributed by atoms with E-state index in [-0.39, 0.29) is 0 Å². The second kappa shape index (κ2) is 4.11. The van der Waals surface area contributed by atoms with Crippen molar-refractivity contribution >= 4 is 29.7 Å². The Bertz CT molecular complexity index is 356. The van der Waals surface area contributed by atoms with E-state index in [1.165, 1.54) is 0 Å². The smallest absolute Gasteiger partial charge is 0.239 e. The summed E-state index contributed by atoms with van der Waals surface area (Å²) in [6.45, 7) is 1.85. The number of anilines is 1. The van der Waals surface area contributed by atoms with E-state index in [0.29, 0.717) is 0 Å². The van der Waals surface area contributed by atoms with Crippen LogP contribution in [-0.2, 0) is 12.4 Å². The zero-order chi connectivity index (χ0) is 9.97. The van der Waals surface area contributed by atoms with Gasteiger partial charge >= 0.3 is 0 Å². The topological polar surface area (TPSA) is 18.3 Å². The van der Waals surface area contributed by atoms with Crippen molar-refractivity contribution in [1.82, 2.24) is 5.53 Å². The molecule has 74 valence electrons. The Morgan fingerprint density at radius 2 is 2.36 bits per heavy atom. The van der Waals surface area contributed by atoms with E-state index in [1.807, 2.05) is 29.3 Å². The minimum absolute atomic E-state index is 0.741. The average molecular weight is 229 g/mol. The fourth-order valence-corrected chi connectivity index (χ4v) is 1.85. The molecule has 1 N–H and O–H groups in total. The van der Waals surface area contributed by atoms with Crippen LogP contribution in [0.5, 0.6) is 0 Å². The maximum atomic E-state index is 5.91. The Balaban J connectivity index is 2.17. The van der Waals surface area contributed by atoms with Crippen molar-refractivity contribution in [2.24, 2.45) is 0 Å². The van der Waals surface area contributed by atoms with Crippen molar-refractivity contribution in [2.75, 3.05) is 18.1 Å². The highest BCUT2D eigenvalue weighted by atomic mass is 35.5. The number of halogens is 1. The van der Waals surface area contributed by atoms with Crippen molar-refractivity contribution in [2.45, 2.75) is 6.42 Å². The summed E-state index contributed by atoms with van der Waals surface area (Å²) >= 11 is 11.0. The van der Waals surface area contributed by atoms with Crippen LogP contribution in [0.15, 0.2) is 24.3 Å². The molecule has 0 spiro atoms. The molecule has 1 aromatic carbocycles. The van der Waals surface area contributed by atoms with Gasteiger partial charge in [0, 0.05) is 11.4 Å². The van der Waals surface area contributed by atoms with Gasteiger partial charge < -0.3 is 0 Å². The first kappa shape index (κ1) is 9.68. The minimum Gasteiger partial charge on any atom is -0.239 e. The lowest BCUT2D eigenvalue weighted by Gasteiger charge is -2.25. The first-order valence-corrected chi connectivity index (χ1v) is 5.24. The Kier molecular flexibility index (Phi) is 2.84. The van der Waals surface area contributed by atoms with Crippen molar-refractivity contribution in [3.05, 3.63) is 29.3 Å². The number of nitrogens with zero attached hydrogens (tertiary/aromatic N) is 2. The van der Waals surface area contributed by atoms with Crippen LogP contribution in [0.3, 0.4) is 0 Å². The van der Waals surface area contributed by atoms with Gasteiger partial charge in [0.25, 0.3) is 12.4 Å². The third kappa shape index (κ3) is 2.13. The molecule has 0 atom stereocenters. The van der Waals surface area contributed by atoms with Crippen molar-refractivity contribution < 1.29 is 4.05 Å². The minimum atomic E-state index is 0.741. The van der Waals surface area contributed by atoms with Gasteiger partial charge in [0.05, 0.1) is 12.2 Å². The zero-order valence-electron chi connectivity index (χ0n) is 7.61. The number of hydrazine groups is 2. The molecule has 2 rings (SSSR count). The van der Waals surface area contributed by atoms with Gasteiger partial charge in [0.15, 0.2) is 6.54 Å². The molecule has 1 fully saturated rings. The third-order valence-corrected chi connectivity index (χ3v) is 2.59. The summed E-state index contributed by atoms with van der Waals surface area (Å²) in [4.78, 5) is 0. The van der Waals surface area contributed by atoms with Crippen LogP contribution in [0.2, 0.25) is 5.02 Å². The van der Waals surface area contributed by atoms with Crippen LogP contribution < -0.4 is 10.5 Å². The maximum absolute atomic E-state index is 5.91. The second-order valence-electron chi connectivity index (χ2n) is 3.19. The fourth-order valence-electron chi connectivity index (χ4n) is 1.44. The molecule has 0 radical (unpaired) electrons. The van der Waals surface area contributed by atoms with Crippen molar-refractivity contribution in [3.8, 4) is 0 Å². The van der Waals surface area contributed by atoms with Crippen LogP contribution in [-0.4, -0.2) is 17.1 Å². The fraction of sp³-hybridized carbons (Fsp3) is 0.333. The summed E-state index contributed by atoms with van der Waals surface area (Å²) in [6.07, 6.45) is 1.06. The van der Waals surface area contributed by atoms with Crippen LogP contribution in [0.4, 0.5) is 5.69 Å². The molecule has 14 heavy (non-hydrogen) atoms. The summed E-state index contributed by atoms with van der Waals surface area (Å²) in [5, 5.41) is 2.74. The van der Waals surface area contributed by atoms with E-state index < -0.39 is 0 Å². The average Bonchev–Trinajstić information content (AvgIpc) is 2.18. The van der Waals surface area contributed by atoms with Crippen molar-refractivity contribution in [3.63, 3.8) is 0 Å².